The molecule has 2 N–H and O–H groups in total. The summed E-state index contributed by atoms with van der Waals surface area (Å²) in [5.74, 6) is 0.531. The van der Waals surface area contributed by atoms with Gasteiger partial charge in [0.05, 0.1) is 6.10 Å². The zero-order valence-electron chi connectivity index (χ0n) is 10.3. The average molecular weight is 215 g/mol. The fourth-order valence-electron chi connectivity index (χ4n) is 1.48. The lowest BCUT2D eigenvalue weighted by atomic mass is 10.1. The lowest BCUT2D eigenvalue weighted by Gasteiger charge is -2.13. The van der Waals surface area contributed by atoms with Crippen LogP contribution in [-0.2, 0) is 4.79 Å². The second-order valence-corrected chi connectivity index (χ2v) is 4.54. The molecule has 0 radical (unpaired) electrons. The first-order chi connectivity index (χ1) is 7.06. The molecule has 0 saturated heterocycles. The van der Waals surface area contributed by atoms with E-state index >= 15 is 0 Å². The second kappa shape index (κ2) is 8.72. The monoisotopic (exact) mass is 215 g/mol. The Hall–Kier alpha value is -0.570. The van der Waals surface area contributed by atoms with Crippen LogP contribution in [0.2, 0.25) is 0 Å². The first-order valence-corrected chi connectivity index (χ1v) is 6.01. The molecule has 0 aromatic carbocycles. The van der Waals surface area contributed by atoms with Gasteiger partial charge in [-0.25, -0.2) is 0 Å². The fourth-order valence-corrected chi connectivity index (χ4v) is 1.48. The number of aliphatic hydroxyl groups excluding tert-OH is 1. The van der Waals surface area contributed by atoms with Crippen molar-refractivity contribution in [2.24, 2.45) is 5.92 Å². The highest BCUT2D eigenvalue weighted by atomic mass is 16.3. The minimum Gasteiger partial charge on any atom is -0.391 e. The molecule has 0 rings (SSSR count). The van der Waals surface area contributed by atoms with Gasteiger partial charge in [0.25, 0.3) is 0 Å². The van der Waals surface area contributed by atoms with Crippen LogP contribution in [0, 0.1) is 5.92 Å². The normalized spacial score (nSPS) is 12.9. The second-order valence-electron chi connectivity index (χ2n) is 4.54. The topological polar surface area (TPSA) is 49.3 Å². The third kappa shape index (κ3) is 9.73. The zero-order chi connectivity index (χ0) is 11.7. The molecule has 0 spiro atoms. The van der Waals surface area contributed by atoms with Gasteiger partial charge in [-0.2, -0.15) is 0 Å². The van der Waals surface area contributed by atoms with Gasteiger partial charge in [-0.1, -0.05) is 33.6 Å². The summed E-state index contributed by atoms with van der Waals surface area (Å²) in [4.78, 5) is 11.3. The van der Waals surface area contributed by atoms with E-state index in [-0.39, 0.29) is 5.91 Å². The smallest absolute Gasteiger partial charge is 0.220 e. The molecule has 0 saturated carbocycles. The van der Waals surface area contributed by atoms with Crippen LogP contribution in [-0.4, -0.2) is 23.7 Å². The van der Waals surface area contributed by atoms with Crippen LogP contribution < -0.4 is 5.32 Å². The summed E-state index contributed by atoms with van der Waals surface area (Å²) in [6.45, 7) is 6.63. The third-order valence-corrected chi connectivity index (χ3v) is 2.29. The summed E-state index contributed by atoms with van der Waals surface area (Å²) < 4.78 is 0. The number of hydrogen-bond donors (Lipinski definition) is 2. The number of carbonyl (C=O) groups excluding carboxylic acids is 1. The van der Waals surface area contributed by atoms with E-state index in [4.69, 9.17) is 0 Å². The van der Waals surface area contributed by atoms with Crippen LogP contribution in [0.1, 0.15) is 52.9 Å². The molecule has 3 heteroatoms. The maximum atomic E-state index is 11.3. The predicted molar refractivity (Wildman–Crippen MR) is 62.6 cm³/mol. The average Bonchev–Trinajstić information content (AvgIpc) is 2.14. The van der Waals surface area contributed by atoms with Crippen molar-refractivity contribution in [2.45, 2.75) is 59.0 Å². The number of rotatable bonds is 8. The number of unbranched alkanes of at least 4 members (excludes halogenated alkanes) is 2. The third-order valence-electron chi connectivity index (χ3n) is 2.29. The molecule has 0 heterocycles. The number of hydrogen-bond acceptors (Lipinski definition) is 2. The van der Waals surface area contributed by atoms with Crippen molar-refractivity contribution < 1.29 is 9.90 Å². The highest BCUT2D eigenvalue weighted by molar-refractivity contribution is 5.75. The minimum atomic E-state index is -0.403. The molecule has 1 atom stereocenters. The summed E-state index contributed by atoms with van der Waals surface area (Å²) in [5, 5.41) is 12.3. The first-order valence-electron chi connectivity index (χ1n) is 6.01. The maximum Gasteiger partial charge on any atom is 0.220 e. The highest BCUT2D eigenvalue weighted by Crippen LogP contribution is 2.03. The van der Waals surface area contributed by atoms with Gasteiger partial charge in [0, 0.05) is 13.0 Å². The van der Waals surface area contributed by atoms with Crippen molar-refractivity contribution >= 4 is 5.91 Å². The van der Waals surface area contributed by atoms with Gasteiger partial charge in [0.1, 0.15) is 0 Å². The molecule has 0 fully saturated rings. The van der Waals surface area contributed by atoms with Gasteiger partial charge >= 0.3 is 0 Å². The Bertz CT molecular complexity index is 169. The van der Waals surface area contributed by atoms with Crippen molar-refractivity contribution in [1.82, 2.24) is 5.32 Å². The molecular formula is C12H25NO2. The SMILES string of the molecule is CCCCCC(=O)NCC(O)CC(C)C. The Morgan fingerprint density at radius 1 is 1.33 bits per heavy atom. The molecule has 3 nitrogen and oxygen atoms in total. The zero-order valence-corrected chi connectivity index (χ0v) is 10.3. The molecule has 1 amide bonds. The lowest BCUT2D eigenvalue weighted by molar-refractivity contribution is -0.121. The van der Waals surface area contributed by atoms with Crippen LogP contribution >= 0.6 is 0 Å². The molecule has 1 unspecified atom stereocenters. The molecule has 0 aliphatic rings. The number of aliphatic hydroxyl groups is 1. The Morgan fingerprint density at radius 3 is 2.53 bits per heavy atom. The standard InChI is InChI=1S/C12H25NO2/c1-4-5-6-7-12(15)13-9-11(14)8-10(2)3/h10-11,14H,4-9H2,1-3H3,(H,13,15). The molecule has 0 aromatic heterocycles. The molecule has 0 aromatic rings. The number of carbonyl (C=O) groups is 1. The van der Waals surface area contributed by atoms with Crippen molar-refractivity contribution in [1.29, 1.82) is 0 Å². The van der Waals surface area contributed by atoms with Gasteiger partial charge in [0.15, 0.2) is 0 Å². The lowest BCUT2D eigenvalue weighted by Crippen LogP contribution is -2.32. The van der Waals surface area contributed by atoms with Gasteiger partial charge in [-0.3, -0.25) is 4.79 Å². The van der Waals surface area contributed by atoms with Crippen LogP contribution in [0.4, 0.5) is 0 Å². The summed E-state index contributed by atoms with van der Waals surface area (Å²) >= 11 is 0. The van der Waals surface area contributed by atoms with E-state index in [9.17, 15) is 9.90 Å². The molecule has 90 valence electrons. The molecule has 15 heavy (non-hydrogen) atoms. The summed E-state index contributed by atoms with van der Waals surface area (Å²) in [5.41, 5.74) is 0. The minimum absolute atomic E-state index is 0.0613. The van der Waals surface area contributed by atoms with E-state index in [0.717, 1.165) is 25.7 Å². The maximum absolute atomic E-state index is 11.3. The van der Waals surface area contributed by atoms with Crippen LogP contribution in [0.3, 0.4) is 0 Å². The van der Waals surface area contributed by atoms with Crippen molar-refractivity contribution in [3.63, 3.8) is 0 Å². The van der Waals surface area contributed by atoms with Crippen LogP contribution in [0.25, 0.3) is 0 Å². The highest BCUT2D eigenvalue weighted by Gasteiger charge is 2.08. The summed E-state index contributed by atoms with van der Waals surface area (Å²) in [7, 11) is 0. The van der Waals surface area contributed by atoms with E-state index in [1.807, 2.05) is 0 Å². The molecule has 0 bridgehead atoms. The first kappa shape index (κ1) is 14.4. The van der Waals surface area contributed by atoms with E-state index in [1.165, 1.54) is 0 Å². The summed E-state index contributed by atoms with van der Waals surface area (Å²) in [6.07, 6.45) is 4.10. The van der Waals surface area contributed by atoms with Crippen molar-refractivity contribution in [3.8, 4) is 0 Å². The Balaban J connectivity index is 3.44. The number of amides is 1. The van der Waals surface area contributed by atoms with Crippen LogP contribution in [0.5, 0.6) is 0 Å². The number of nitrogens with one attached hydrogen (secondary N) is 1. The van der Waals surface area contributed by atoms with E-state index in [0.29, 0.717) is 18.9 Å². The van der Waals surface area contributed by atoms with Gasteiger partial charge in [-0.05, 0) is 18.8 Å². The van der Waals surface area contributed by atoms with Crippen molar-refractivity contribution in [3.05, 3.63) is 0 Å². The van der Waals surface area contributed by atoms with E-state index < -0.39 is 6.10 Å². The predicted octanol–water partition coefficient (Wildman–Crippen LogP) is 2.09. The van der Waals surface area contributed by atoms with Crippen molar-refractivity contribution in [2.75, 3.05) is 6.54 Å². The molecule has 0 aliphatic heterocycles. The van der Waals surface area contributed by atoms with Gasteiger partial charge in [0.2, 0.25) is 5.91 Å². The summed E-state index contributed by atoms with van der Waals surface area (Å²) in [6, 6.07) is 0. The van der Waals surface area contributed by atoms with Crippen LogP contribution in [0.15, 0.2) is 0 Å². The van der Waals surface area contributed by atoms with Gasteiger partial charge in [-0.15, -0.1) is 0 Å². The quantitative estimate of drug-likeness (QED) is 0.609. The molecular weight excluding hydrogens is 190 g/mol. The largest absolute Gasteiger partial charge is 0.391 e. The van der Waals surface area contributed by atoms with Gasteiger partial charge < -0.3 is 10.4 Å². The Labute approximate surface area is 93.3 Å². The van der Waals surface area contributed by atoms with E-state index in [1.54, 1.807) is 0 Å². The molecule has 0 aliphatic carbocycles. The Kier molecular flexibility index (Phi) is 8.38. The fraction of sp³-hybridized carbons (Fsp3) is 0.917. The Morgan fingerprint density at radius 2 is 2.00 bits per heavy atom. The van der Waals surface area contributed by atoms with E-state index in [2.05, 4.69) is 26.1 Å².